The van der Waals surface area contributed by atoms with Crippen LogP contribution in [-0.2, 0) is 6.42 Å². The second-order valence-electron chi connectivity index (χ2n) is 3.68. The maximum Gasteiger partial charge on any atom is 0.179 e. The molecule has 2 rings (SSSR count). The van der Waals surface area contributed by atoms with Gasteiger partial charge in [-0.25, -0.2) is 0 Å². The number of rotatable bonds is 3. The summed E-state index contributed by atoms with van der Waals surface area (Å²) in [6.45, 7) is 1.49. The van der Waals surface area contributed by atoms with Gasteiger partial charge in [0.05, 0.1) is 0 Å². The molecule has 4 nitrogen and oxygen atoms in total. The third-order valence-electron chi connectivity index (χ3n) is 2.32. The number of Topliss-reactive ketones (excluding diaryl/α,β-unsaturated/α-hetero) is 1. The van der Waals surface area contributed by atoms with Crippen LogP contribution < -0.4 is 0 Å². The zero-order valence-corrected chi connectivity index (χ0v) is 8.90. The predicted octanol–water partition coefficient (Wildman–Crippen LogP) is 1.91. The number of H-pyrrole nitrogens is 1. The molecule has 0 fully saturated rings. The van der Waals surface area contributed by atoms with E-state index in [1.54, 1.807) is 18.2 Å². The molecule has 0 atom stereocenters. The number of aromatic amines is 1. The van der Waals surface area contributed by atoms with Crippen molar-refractivity contribution in [3.63, 3.8) is 0 Å². The average Bonchev–Trinajstić information content (AvgIpc) is 2.70. The number of ketones is 1. The lowest BCUT2D eigenvalue weighted by molar-refractivity contribution is 0.101. The molecule has 16 heavy (non-hydrogen) atoms. The highest BCUT2D eigenvalue weighted by Gasteiger charge is 2.05. The number of nitrogens with zero attached hydrogens (tertiary/aromatic N) is 1. The van der Waals surface area contributed by atoms with E-state index in [4.69, 9.17) is 5.11 Å². The zero-order valence-electron chi connectivity index (χ0n) is 8.90. The number of aromatic nitrogens is 2. The van der Waals surface area contributed by atoms with Crippen LogP contribution in [0.5, 0.6) is 5.75 Å². The van der Waals surface area contributed by atoms with Crippen LogP contribution in [0.1, 0.15) is 28.7 Å². The Bertz CT molecular complexity index is 500. The number of nitrogens with one attached hydrogen (secondary N) is 1. The van der Waals surface area contributed by atoms with Gasteiger partial charge >= 0.3 is 0 Å². The third kappa shape index (κ3) is 2.28. The van der Waals surface area contributed by atoms with Gasteiger partial charge in [0, 0.05) is 19.0 Å². The molecular formula is C12H12N2O2. The summed E-state index contributed by atoms with van der Waals surface area (Å²) in [6, 6.07) is 8.69. The number of aromatic hydroxyl groups is 1. The van der Waals surface area contributed by atoms with Gasteiger partial charge in [0.2, 0.25) is 0 Å². The summed E-state index contributed by atoms with van der Waals surface area (Å²) < 4.78 is 0. The number of carbonyl (C=O) groups excluding carboxylic acids is 1. The van der Waals surface area contributed by atoms with Crippen LogP contribution in [0.4, 0.5) is 0 Å². The van der Waals surface area contributed by atoms with Gasteiger partial charge in [0.25, 0.3) is 0 Å². The summed E-state index contributed by atoms with van der Waals surface area (Å²) in [5.74, 6) is 0.200. The van der Waals surface area contributed by atoms with E-state index in [2.05, 4.69) is 10.2 Å². The van der Waals surface area contributed by atoms with E-state index >= 15 is 0 Å². The number of phenolic OH excluding ortho intramolecular Hbond substituents is 1. The van der Waals surface area contributed by atoms with Crippen molar-refractivity contribution in [2.24, 2.45) is 0 Å². The molecule has 82 valence electrons. The molecule has 0 aliphatic carbocycles. The molecule has 0 unspecified atom stereocenters. The van der Waals surface area contributed by atoms with Crippen molar-refractivity contribution >= 4 is 5.78 Å². The molecule has 0 aliphatic heterocycles. The SMILES string of the molecule is CC(=O)c1cc(Cc2ccc(O)cc2)[nH]n1. The van der Waals surface area contributed by atoms with E-state index in [0.29, 0.717) is 12.1 Å². The van der Waals surface area contributed by atoms with Crippen LogP contribution in [0, 0.1) is 0 Å². The van der Waals surface area contributed by atoms with Gasteiger partial charge in [-0.05, 0) is 23.8 Å². The first kappa shape index (κ1) is 10.4. The van der Waals surface area contributed by atoms with Gasteiger partial charge in [0.15, 0.2) is 5.78 Å². The Morgan fingerprint density at radius 3 is 2.62 bits per heavy atom. The molecule has 0 saturated carbocycles. The molecule has 0 saturated heterocycles. The molecule has 1 aromatic heterocycles. The quantitative estimate of drug-likeness (QED) is 0.770. The molecule has 0 bridgehead atoms. The van der Waals surface area contributed by atoms with E-state index in [0.717, 1.165) is 11.3 Å². The fourth-order valence-corrected chi connectivity index (χ4v) is 1.47. The number of hydrogen-bond donors (Lipinski definition) is 2. The van der Waals surface area contributed by atoms with Crippen molar-refractivity contribution in [3.05, 3.63) is 47.3 Å². The first-order chi connectivity index (χ1) is 7.65. The van der Waals surface area contributed by atoms with E-state index in [1.807, 2.05) is 12.1 Å². The lowest BCUT2D eigenvalue weighted by Crippen LogP contribution is -1.90. The smallest absolute Gasteiger partial charge is 0.179 e. The summed E-state index contributed by atoms with van der Waals surface area (Å²) in [6.07, 6.45) is 0.667. The normalized spacial score (nSPS) is 10.3. The summed E-state index contributed by atoms with van der Waals surface area (Å²) in [7, 11) is 0. The highest BCUT2D eigenvalue weighted by Crippen LogP contribution is 2.13. The van der Waals surface area contributed by atoms with Gasteiger partial charge in [0.1, 0.15) is 11.4 Å². The maximum absolute atomic E-state index is 11.0. The van der Waals surface area contributed by atoms with Crippen LogP contribution in [0.3, 0.4) is 0 Å². The van der Waals surface area contributed by atoms with Crippen molar-refractivity contribution in [2.45, 2.75) is 13.3 Å². The molecule has 1 aromatic carbocycles. The Morgan fingerprint density at radius 2 is 2.06 bits per heavy atom. The van der Waals surface area contributed by atoms with Crippen LogP contribution in [0.25, 0.3) is 0 Å². The fourth-order valence-electron chi connectivity index (χ4n) is 1.47. The summed E-state index contributed by atoms with van der Waals surface area (Å²) in [5, 5.41) is 15.9. The maximum atomic E-state index is 11.0. The molecule has 0 amide bonds. The highest BCUT2D eigenvalue weighted by atomic mass is 16.3. The van der Waals surface area contributed by atoms with Crippen molar-refractivity contribution in [1.29, 1.82) is 0 Å². The minimum absolute atomic E-state index is 0.0480. The van der Waals surface area contributed by atoms with Crippen molar-refractivity contribution in [2.75, 3.05) is 0 Å². The first-order valence-corrected chi connectivity index (χ1v) is 4.98. The van der Waals surface area contributed by atoms with Crippen molar-refractivity contribution < 1.29 is 9.90 Å². The second kappa shape index (κ2) is 4.18. The summed E-state index contributed by atoms with van der Waals surface area (Å²) in [4.78, 5) is 11.0. The molecule has 2 N–H and O–H groups in total. The first-order valence-electron chi connectivity index (χ1n) is 4.98. The lowest BCUT2D eigenvalue weighted by atomic mass is 10.1. The van der Waals surface area contributed by atoms with E-state index < -0.39 is 0 Å². The Kier molecular flexibility index (Phi) is 2.72. The predicted molar refractivity (Wildman–Crippen MR) is 59.5 cm³/mol. The fraction of sp³-hybridized carbons (Fsp3) is 0.167. The lowest BCUT2D eigenvalue weighted by Gasteiger charge is -1.98. The second-order valence-corrected chi connectivity index (χ2v) is 3.68. The number of phenols is 1. The van der Waals surface area contributed by atoms with Gasteiger partial charge in [-0.15, -0.1) is 0 Å². The molecule has 1 heterocycles. The van der Waals surface area contributed by atoms with Gasteiger partial charge in [-0.1, -0.05) is 12.1 Å². The molecular weight excluding hydrogens is 204 g/mol. The van der Waals surface area contributed by atoms with Gasteiger partial charge in [-0.3, -0.25) is 9.89 Å². The van der Waals surface area contributed by atoms with Crippen LogP contribution >= 0.6 is 0 Å². The minimum atomic E-state index is -0.0480. The van der Waals surface area contributed by atoms with E-state index in [9.17, 15) is 4.79 Å². The Labute approximate surface area is 92.9 Å². The van der Waals surface area contributed by atoms with E-state index in [1.165, 1.54) is 6.92 Å². The van der Waals surface area contributed by atoms with E-state index in [-0.39, 0.29) is 11.5 Å². The molecule has 0 radical (unpaired) electrons. The average molecular weight is 216 g/mol. The van der Waals surface area contributed by atoms with Gasteiger partial charge < -0.3 is 5.11 Å². The summed E-state index contributed by atoms with van der Waals surface area (Å²) in [5.41, 5.74) is 2.39. The Morgan fingerprint density at radius 1 is 1.38 bits per heavy atom. The van der Waals surface area contributed by atoms with Crippen molar-refractivity contribution in [3.8, 4) is 5.75 Å². The number of benzene rings is 1. The number of carbonyl (C=O) groups is 1. The summed E-state index contributed by atoms with van der Waals surface area (Å²) >= 11 is 0. The van der Waals surface area contributed by atoms with Gasteiger partial charge in [-0.2, -0.15) is 5.10 Å². The molecule has 2 aromatic rings. The Hall–Kier alpha value is -2.10. The zero-order chi connectivity index (χ0) is 11.5. The van der Waals surface area contributed by atoms with Crippen molar-refractivity contribution in [1.82, 2.24) is 10.2 Å². The highest BCUT2D eigenvalue weighted by molar-refractivity contribution is 5.92. The molecule has 4 heteroatoms. The standard InChI is InChI=1S/C12H12N2O2/c1-8(15)12-7-10(13-14-12)6-9-2-4-11(16)5-3-9/h2-5,7,16H,6H2,1H3,(H,13,14). The molecule has 0 aliphatic rings. The molecule has 0 spiro atoms. The monoisotopic (exact) mass is 216 g/mol. The van der Waals surface area contributed by atoms with Crippen LogP contribution in [-0.4, -0.2) is 21.1 Å². The third-order valence-corrected chi connectivity index (χ3v) is 2.32. The van der Waals surface area contributed by atoms with Crippen LogP contribution in [0.2, 0.25) is 0 Å². The topological polar surface area (TPSA) is 66.0 Å². The number of hydrogen-bond acceptors (Lipinski definition) is 3. The van der Waals surface area contributed by atoms with Crippen LogP contribution in [0.15, 0.2) is 30.3 Å². The largest absolute Gasteiger partial charge is 0.508 e. The Balaban J connectivity index is 2.14. The minimum Gasteiger partial charge on any atom is -0.508 e.